The minimum atomic E-state index is -3.92. The summed E-state index contributed by atoms with van der Waals surface area (Å²) in [7, 11) is -7.79. The third-order valence-corrected chi connectivity index (χ3v) is 20.0. The predicted molar refractivity (Wildman–Crippen MR) is 342 cm³/mol. The van der Waals surface area contributed by atoms with Crippen LogP contribution in [0.5, 0.6) is 0 Å². The van der Waals surface area contributed by atoms with Crippen molar-refractivity contribution in [2.75, 3.05) is 0 Å². The number of hydrogen-bond donors (Lipinski definition) is 2. The Morgan fingerprint density at radius 2 is 0.909 bits per heavy atom. The van der Waals surface area contributed by atoms with E-state index in [0.717, 1.165) is 81.8 Å². The quantitative estimate of drug-likeness (QED) is 0.0466. The Hall–Kier alpha value is -4.94. The van der Waals surface area contributed by atoms with Gasteiger partial charge in [0.2, 0.25) is 0 Å². The van der Waals surface area contributed by atoms with Crippen molar-refractivity contribution in [3.8, 4) is 22.3 Å². The monoisotopic (exact) mass is 1250 g/mol. The number of ketones is 2. The molecule has 3 aromatic heterocycles. The molecule has 5 aromatic rings. The van der Waals surface area contributed by atoms with Gasteiger partial charge in [-0.15, -0.1) is 0 Å². The number of phosphoric ester groups is 2. The van der Waals surface area contributed by atoms with Crippen molar-refractivity contribution in [1.82, 2.24) is 34.7 Å². The molecule has 21 heteroatoms. The van der Waals surface area contributed by atoms with Crippen LogP contribution in [0.3, 0.4) is 0 Å². The van der Waals surface area contributed by atoms with Crippen molar-refractivity contribution in [1.29, 1.82) is 0 Å². The fourth-order valence-electron chi connectivity index (χ4n) is 12.0. The van der Waals surface area contributed by atoms with Crippen LogP contribution < -0.4 is 11.1 Å². The van der Waals surface area contributed by atoms with E-state index in [1.54, 1.807) is 109 Å². The molecule has 88 heavy (non-hydrogen) atoms. The van der Waals surface area contributed by atoms with E-state index in [-0.39, 0.29) is 55.4 Å². The number of carbonyl (C=O) groups excluding carboxylic acids is 3. The SMILES string of the molecule is Cc1nn(COP(=O)(OC(C)(C)C)OC(C)(C)C)c(C)c1-c1ccc(CC(=O)[C@@H](N)C(C2CC2)C2CC2)cc1.Cc1nn(COP(=O)(OC(C)(C)C)OC(C)(C)C)c(C)c1-c1ccc(CC(=O)[C@@H](NC(=O)c2ccnn2C(C)C)C(C2CC2)C2CC2)cc1. The van der Waals surface area contributed by atoms with Crippen molar-refractivity contribution < 1.29 is 50.7 Å². The Kier molecular flexibility index (Phi) is 21.2. The van der Waals surface area contributed by atoms with Gasteiger partial charge < -0.3 is 11.1 Å². The first-order valence-corrected chi connectivity index (χ1v) is 34.6. The third kappa shape index (κ3) is 19.1. The van der Waals surface area contributed by atoms with Crippen molar-refractivity contribution in [2.45, 2.75) is 243 Å². The summed E-state index contributed by atoms with van der Waals surface area (Å²) in [5, 5.41) is 16.8. The topological polar surface area (TPSA) is 232 Å². The third-order valence-electron chi connectivity index (χ3n) is 16.1. The largest absolute Gasteiger partial charge is 0.477 e. The van der Waals surface area contributed by atoms with Gasteiger partial charge in [0.1, 0.15) is 5.69 Å². The molecule has 4 aliphatic rings. The normalized spacial score (nSPS) is 16.9. The lowest BCUT2D eigenvalue weighted by Gasteiger charge is -2.30. The maximum atomic E-state index is 14.0. The summed E-state index contributed by atoms with van der Waals surface area (Å²) < 4.78 is 66.6. The van der Waals surface area contributed by atoms with Gasteiger partial charge in [0.05, 0.1) is 45.9 Å². The number of nitrogens with zero attached hydrogens (tertiary/aromatic N) is 6. The van der Waals surface area contributed by atoms with Gasteiger partial charge in [0.25, 0.3) is 5.91 Å². The number of amides is 1. The highest BCUT2D eigenvalue weighted by Gasteiger charge is 2.49. The van der Waals surface area contributed by atoms with Crippen LogP contribution in [0.2, 0.25) is 0 Å². The Balaban J connectivity index is 0.000000234. The molecule has 0 saturated heterocycles. The van der Waals surface area contributed by atoms with Crippen molar-refractivity contribution in [3.05, 3.63) is 100 Å². The summed E-state index contributed by atoms with van der Waals surface area (Å²) in [6, 6.07) is 16.8. The maximum absolute atomic E-state index is 14.0. The molecule has 0 unspecified atom stereocenters. The number of Topliss-reactive ketones (excluding diaryl/α,β-unsaturated/α-hetero) is 2. The second kappa shape index (κ2) is 27.1. The molecule has 3 heterocycles. The summed E-state index contributed by atoms with van der Waals surface area (Å²) >= 11 is 0. The van der Waals surface area contributed by atoms with E-state index in [2.05, 4.69) is 20.6 Å². The molecule has 2 aromatic carbocycles. The lowest BCUT2D eigenvalue weighted by atomic mass is 9.85. The van der Waals surface area contributed by atoms with E-state index in [1.165, 1.54) is 25.7 Å². The van der Waals surface area contributed by atoms with E-state index in [9.17, 15) is 23.5 Å². The van der Waals surface area contributed by atoms with E-state index < -0.39 is 44.1 Å². The standard InChI is InChI=1S/C37H54N5O6P.C30H46N3O5P/c1-23(2)42-30(19-20-38-42)35(44)39-34(33(28-15-16-28)29-17-18-29)31(43)21-26-11-13-27(14-12-26)32-24(3)40-41(25(32)4)22-46-49(45,47-36(5,6)7)48-37(8,9)10;1-19-26(20(2)33(32-19)18-36-39(35,37-29(3,4)5)38-30(6,7)8)22-11-9-21(10-12-22)17-25(34)28(31)27(23-13-14-23)24-15-16-24/h11-14,19-20,23,28-29,33-34H,15-18,21-22H2,1-10H3,(H,39,44);9-12,23-24,27-28H,13-18,31H2,1-8H3/t34-;28-/m11/s1. The molecule has 0 aliphatic heterocycles. The molecule has 0 spiro atoms. The molecule has 9 rings (SSSR count). The first kappa shape index (κ1) is 69.0. The molecular formula is C67H100N8O11P2. The average molecular weight is 1260 g/mol. The van der Waals surface area contributed by atoms with Crippen LogP contribution in [0.25, 0.3) is 22.3 Å². The van der Waals surface area contributed by atoms with Crippen LogP contribution in [0.15, 0.2) is 60.8 Å². The average Bonchev–Trinajstić information content (AvgIpc) is 4.40. The highest BCUT2D eigenvalue weighted by Crippen LogP contribution is 2.57. The van der Waals surface area contributed by atoms with Crippen LogP contribution in [-0.2, 0) is 72.2 Å². The second-order valence-corrected chi connectivity index (χ2v) is 32.3. The van der Waals surface area contributed by atoms with Crippen LogP contribution in [0, 0.1) is 63.2 Å². The van der Waals surface area contributed by atoms with Crippen LogP contribution >= 0.6 is 15.6 Å². The molecule has 0 bridgehead atoms. The highest BCUT2D eigenvalue weighted by atomic mass is 31.2. The van der Waals surface area contributed by atoms with Gasteiger partial charge >= 0.3 is 15.6 Å². The summed E-state index contributed by atoms with van der Waals surface area (Å²) in [4.78, 5) is 40.6. The molecule has 19 nitrogen and oxygen atoms in total. The van der Waals surface area contributed by atoms with Gasteiger partial charge in [-0.25, -0.2) is 18.5 Å². The van der Waals surface area contributed by atoms with Gasteiger partial charge in [-0.1, -0.05) is 48.5 Å². The number of benzene rings is 2. The number of rotatable bonds is 27. The van der Waals surface area contributed by atoms with Crippen molar-refractivity contribution in [2.24, 2.45) is 41.2 Å². The van der Waals surface area contributed by atoms with Gasteiger partial charge in [-0.3, -0.25) is 46.2 Å². The number of carbonyl (C=O) groups is 3. The van der Waals surface area contributed by atoms with E-state index in [0.29, 0.717) is 41.7 Å². The minimum absolute atomic E-state index is 0.0321. The zero-order valence-electron chi connectivity index (χ0n) is 55.6. The molecule has 2 atom stereocenters. The zero-order chi connectivity index (χ0) is 64.6. The van der Waals surface area contributed by atoms with Gasteiger partial charge in [0, 0.05) is 47.6 Å². The van der Waals surface area contributed by atoms with E-state index in [4.69, 9.17) is 32.9 Å². The van der Waals surface area contributed by atoms with Gasteiger partial charge in [0.15, 0.2) is 25.0 Å². The number of aryl methyl sites for hydroxylation is 2. The second-order valence-electron chi connectivity index (χ2n) is 29.2. The van der Waals surface area contributed by atoms with Crippen molar-refractivity contribution >= 4 is 33.1 Å². The van der Waals surface area contributed by atoms with E-state index in [1.807, 2.05) is 90.1 Å². The maximum Gasteiger partial charge on any atom is 0.477 e. The summed E-state index contributed by atoms with van der Waals surface area (Å²) in [5.74, 6) is 2.75. The molecular weight excluding hydrogens is 1150 g/mol. The molecule has 4 fully saturated rings. The van der Waals surface area contributed by atoms with Crippen LogP contribution in [-0.4, -0.2) is 81.3 Å². The first-order chi connectivity index (χ1) is 40.9. The Labute approximate surface area is 522 Å². The summed E-state index contributed by atoms with van der Waals surface area (Å²) in [6.07, 6.45) is 11.6. The van der Waals surface area contributed by atoms with Crippen molar-refractivity contribution in [3.63, 3.8) is 0 Å². The number of phosphoric acid groups is 2. The zero-order valence-corrected chi connectivity index (χ0v) is 57.4. The van der Waals surface area contributed by atoms with E-state index >= 15 is 0 Å². The number of aromatic nitrogens is 6. The minimum Gasteiger partial charge on any atom is -0.341 e. The van der Waals surface area contributed by atoms with Gasteiger partial charge in [-0.05, 0) is 240 Å². The molecule has 3 N–H and O–H groups in total. The highest BCUT2D eigenvalue weighted by molar-refractivity contribution is 7.48. The predicted octanol–water partition coefficient (Wildman–Crippen LogP) is 14.8. The smallest absolute Gasteiger partial charge is 0.341 e. The molecule has 4 saturated carbocycles. The lowest BCUT2D eigenvalue weighted by Crippen LogP contribution is -2.48. The fourth-order valence-corrected chi connectivity index (χ4v) is 15.4. The Morgan fingerprint density at radius 1 is 0.557 bits per heavy atom. The fraction of sp³-hybridized carbons (Fsp3) is 0.642. The summed E-state index contributed by atoms with van der Waals surface area (Å²) in [6.45, 7) is 33.1. The lowest BCUT2D eigenvalue weighted by molar-refractivity contribution is -0.122. The van der Waals surface area contributed by atoms with Crippen LogP contribution in [0.1, 0.15) is 199 Å². The molecule has 4 aliphatic carbocycles. The molecule has 0 radical (unpaired) electrons. The number of hydrogen-bond acceptors (Lipinski definition) is 15. The molecule has 1 amide bonds. The molecule has 484 valence electrons. The van der Waals surface area contributed by atoms with Gasteiger partial charge in [-0.2, -0.15) is 15.3 Å². The first-order valence-electron chi connectivity index (χ1n) is 31.6. The Bertz CT molecular complexity index is 3280. The number of nitrogens with two attached hydrogens (primary N) is 1. The Morgan fingerprint density at radius 3 is 1.25 bits per heavy atom. The summed E-state index contributed by atoms with van der Waals surface area (Å²) in [5.41, 5.74) is 13.0. The van der Waals surface area contributed by atoms with Crippen LogP contribution in [0.4, 0.5) is 0 Å². The number of nitrogens with one attached hydrogen (secondary N) is 1.